The van der Waals surface area contributed by atoms with Gasteiger partial charge in [-0.3, -0.25) is 4.79 Å². The molecule has 29 heavy (non-hydrogen) atoms. The highest BCUT2D eigenvalue weighted by atomic mass is 35.5. The van der Waals surface area contributed by atoms with Crippen molar-refractivity contribution in [3.05, 3.63) is 70.3 Å². The first kappa shape index (κ1) is 20.7. The number of halogens is 2. The molecule has 0 bridgehead atoms. The summed E-state index contributed by atoms with van der Waals surface area (Å²) in [6.07, 6.45) is 0. The number of ether oxygens (including phenoxy) is 2. The summed E-state index contributed by atoms with van der Waals surface area (Å²) in [5.41, 5.74) is 2.26. The predicted molar refractivity (Wildman–Crippen MR) is 110 cm³/mol. The number of anilines is 1. The molecule has 0 aliphatic rings. The normalized spacial score (nSPS) is 10.7. The third-order valence-electron chi connectivity index (χ3n) is 4.58. The zero-order chi connectivity index (χ0) is 21.1. The van der Waals surface area contributed by atoms with Crippen LogP contribution in [0, 0.1) is 12.7 Å². The average Bonchev–Trinajstić information content (AvgIpc) is 3.00. The molecule has 3 rings (SSSR count). The standard InChI is InChI=1S/C21H21ClFN3O3/c1-13-19(20(22)26(24-13)12-14-5-7-15(23)8-6-14)21(27)25(2)16-9-10-17(28-3)18(11-16)29-4/h5-11H,12H2,1-4H3. The largest absolute Gasteiger partial charge is 0.493 e. The van der Waals surface area contributed by atoms with Crippen LogP contribution in [-0.4, -0.2) is 37.0 Å². The van der Waals surface area contributed by atoms with E-state index < -0.39 is 0 Å². The Morgan fingerprint density at radius 3 is 2.41 bits per heavy atom. The highest BCUT2D eigenvalue weighted by Crippen LogP contribution is 2.32. The van der Waals surface area contributed by atoms with Gasteiger partial charge in [-0.05, 0) is 36.8 Å². The van der Waals surface area contributed by atoms with Gasteiger partial charge in [-0.15, -0.1) is 0 Å². The zero-order valence-corrected chi connectivity index (χ0v) is 17.3. The molecule has 0 radical (unpaired) electrons. The van der Waals surface area contributed by atoms with Gasteiger partial charge >= 0.3 is 0 Å². The number of aromatic nitrogens is 2. The highest BCUT2D eigenvalue weighted by Gasteiger charge is 2.24. The van der Waals surface area contributed by atoms with Crippen LogP contribution < -0.4 is 14.4 Å². The summed E-state index contributed by atoms with van der Waals surface area (Å²) in [6, 6.07) is 11.2. The number of carbonyl (C=O) groups is 1. The number of amides is 1. The second kappa shape index (κ2) is 8.53. The smallest absolute Gasteiger partial charge is 0.263 e. The third kappa shape index (κ3) is 4.19. The third-order valence-corrected chi connectivity index (χ3v) is 4.97. The average molecular weight is 418 g/mol. The maximum atomic E-state index is 13.1. The molecule has 0 spiro atoms. The van der Waals surface area contributed by atoms with E-state index in [1.807, 2.05) is 0 Å². The molecule has 0 aliphatic heterocycles. The van der Waals surface area contributed by atoms with Crippen molar-refractivity contribution in [2.24, 2.45) is 0 Å². The SMILES string of the molecule is COc1ccc(N(C)C(=O)c2c(C)nn(Cc3ccc(F)cc3)c2Cl)cc1OC. The first-order chi connectivity index (χ1) is 13.8. The van der Waals surface area contributed by atoms with Crippen molar-refractivity contribution in [1.82, 2.24) is 9.78 Å². The van der Waals surface area contributed by atoms with Crippen LogP contribution in [0.25, 0.3) is 0 Å². The summed E-state index contributed by atoms with van der Waals surface area (Å²) in [6.45, 7) is 2.05. The molecule has 6 nitrogen and oxygen atoms in total. The molecule has 0 saturated carbocycles. The number of methoxy groups -OCH3 is 2. The van der Waals surface area contributed by atoms with Gasteiger partial charge in [-0.2, -0.15) is 5.10 Å². The molecule has 1 aromatic heterocycles. The number of rotatable bonds is 6. The molecule has 1 amide bonds. The maximum absolute atomic E-state index is 13.1. The van der Waals surface area contributed by atoms with Crippen molar-refractivity contribution in [2.45, 2.75) is 13.5 Å². The van der Waals surface area contributed by atoms with E-state index in [-0.39, 0.29) is 16.9 Å². The van der Waals surface area contributed by atoms with Crippen LogP contribution in [0.4, 0.5) is 10.1 Å². The summed E-state index contributed by atoms with van der Waals surface area (Å²) in [5.74, 6) is 0.465. The predicted octanol–water partition coefficient (Wildman–Crippen LogP) is 4.33. The topological polar surface area (TPSA) is 56.6 Å². The summed E-state index contributed by atoms with van der Waals surface area (Å²) in [7, 11) is 4.73. The second-order valence-corrected chi connectivity index (χ2v) is 6.80. The molecule has 152 valence electrons. The second-order valence-electron chi connectivity index (χ2n) is 6.44. The number of hydrogen-bond acceptors (Lipinski definition) is 4. The molecular formula is C21H21ClFN3O3. The zero-order valence-electron chi connectivity index (χ0n) is 16.6. The lowest BCUT2D eigenvalue weighted by molar-refractivity contribution is 0.0992. The monoisotopic (exact) mass is 417 g/mol. The van der Waals surface area contributed by atoms with Gasteiger partial charge in [0.25, 0.3) is 5.91 Å². The number of benzene rings is 2. The van der Waals surface area contributed by atoms with Crippen molar-refractivity contribution >= 4 is 23.2 Å². The van der Waals surface area contributed by atoms with Crippen molar-refractivity contribution < 1.29 is 18.7 Å². The Morgan fingerprint density at radius 2 is 1.79 bits per heavy atom. The van der Waals surface area contributed by atoms with Gasteiger partial charge < -0.3 is 14.4 Å². The summed E-state index contributed by atoms with van der Waals surface area (Å²) in [4.78, 5) is 14.6. The van der Waals surface area contributed by atoms with Gasteiger partial charge in [0.1, 0.15) is 11.0 Å². The molecule has 3 aromatic rings. The van der Waals surface area contributed by atoms with Gasteiger partial charge in [0.05, 0.1) is 32.0 Å². The first-order valence-corrected chi connectivity index (χ1v) is 9.21. The molecule has 0 N–H and O–H groups in total. The molecule has 0 atom stereocenters. The minimum Gasteiger partial charge on any atom is -0.493 e. The molecule has 0 aliphatic carbocycles. The van der Waals surface area contributed by atoms with Crippen LogP contribution in [0.2, 0.25) is 5.15 Å². The van der Waals surface area contributed by atoms with Gasteiger partial charge in [-0.25, -0.2) is 9.07 Å². The molecule has 0 unspecified atom stereocenters. The Kier molecular flexibility index (Phi) is 6.08. The lowest BCUT2D eigenvalue weighted by Crippen LogP contribution is -2.27. The Balaban J connectivity index is 1.89. The van der Waals surface area contributed by atoms with Crippen LogP contribution in [0.5, 0.6) is 11.5 Å². The maximum Gasteiger partial charge on any atom is 0.263 e. The minimum atomic E-state index is -0.316. The first-order valence-electron chi connectivity index (χ1n) is 8.83. The van der Waals surface area contributed by atoms with Crippen LogP contribution in [0.1, 0.15) is 21.6 Å². The molecule has 8 heteroatoms. The Hall–Kier alpha value is -3.06. The van der Waals surface area contributed by atoms with Gasteiger partial charge in [0.15, 0.2) is 11.5 Å². The Bertz CT molecular complexity index is 1030. The van der Waals surface area contributed by atoms with E-state index in [2.05, 4.69) is 5.10 Å². The van der Waals surface area contributed by atoms with Crippen LogP contribution in [-0.2, 0) is 6.54 Å². The lowest BCUT2D eigenvalue weighted by Gasteiger charge is -2.19. The van der Waals surface area contributed by atoms with Crippen LogP contribution in [0.3, 0.4) is 0 Å². The fourth-order valence-corrected chi connectivity index (χ4v) is 3.30. The number of nitrogens with zero attached hydrogens (tertiary/aromatic N) is 3. The molecule has 0 saturated heterocycles. The van der Waals surface area contributed by atoms with E-state index in [1.54, 1.807) is 51.4 Å². The van der Waals surface area contributed by atoms with Crippen molar-refractivity contribution in [1.29, 1.82) is 0 Å². The van der Waals surface area contributed by atoms with Crippen LogP contribution in [0.15, 0.2) is 42.5 Å². The van der Waals surface area contributed by atoms with E-state index in [0.29, 0.717) is 35.0 Å². The van der Waals surface area contributed by atoms with E-state index in [1.165, 1.54) is 28.8 Å². The fourth-order valence-electron chi connectivity index (χ4n) is 2.98. The van der Waals surface area contributed by atoms with Crippen molar-refractivity contribution in [3.63, 3.8) is 0 Å². The van der Waals surface area contributed by atoms with Gasteiger partial charge in [0.2, 0.25) is 0 Å². The fraction of sp³-hybridized carbons (Fsp3) is 0.238. The summed E-state index contributed by atoms with van der Waals surface area (Å²) in [5, 5.41) is 4.61. The number of aryl methyl sites for hydroxylation is 1. The number of carbonyl (C=O) groups excluding carboxylic acids is 1. The Labute approximate surface area is 173 Å². The summed E-state index contributed by atoms with van der Waals surface area (Å²) >= 11 is 6.48. The molecule has 0 fully saturated rings. The van der Waals surface area contributed by atoms with Gasteiger partial charge in [0, 0.05) is 18.8 Å². The number of hydrogen-bond donors (Lipinski definition) is 0. The van der Waals surface area contributed by atoms with Gasteiger partial charge in [-0.1, -0.05) is 23.7 Å². The Morgan fingerprint density at radius 1 is 1.14 bits per heavy atom. The van der Waals surface area contributed by atoms with E-state index in [9.17, 15) is 9.18 Å². The highest BCUT2D eigenvalue weighted by molar-refractivity contribution is 6.33. The lowest BCUT2D eigenvalue weighted by atomic mass is 10.2. The quantitative estimate of drug-likeness (QED) is 0.599. The van der Waals surface area contributed by atoms with Crippen LogP contribution >= 0.6 is 11.6 Å². The van der Waals surface area contributed by atoms with E-state index in [4.69, 9.17) is 21.1 Å². The molecule has 2 aromatic carbocycles. The van der Waals surface area contributed by atoms with E-state index >= 15 is 0 Å². The molecule has 1 heterocycles. The minimum absolute atomic E-state index is 0.226. The molecular weight excluding hydrogens is 397 g/mol. The summed E-state index contributed by atoms with van der Waals surface area (Å²) < 4.78 is 25.2. The van der Waals surface area contributed by atoms with E-state index in [0.717, 1.165) is 5.56 Å². The van der Waals surface area contributed by atoms with Crippen molar-refractivity contribution in [2.75, 3.05) is 26.2 Å². The van der Waals surface area contributed by atoms with Crippen molar-refractivity contribution in [3.8, 4) is 11.5 Å².